The van der Waals surface area contributed by atoms with Crippen LogP contribution in [-0.2, 0) is 16.1 Å². The molecule has 0 spiro atoms. The summed E-state index contributed by atoms with van der Waals surface area (Å²) in [6.45, 7) is 0.118. The monoisotopic (exact) mass is 393 g/mol. The Morgan fingerprint density at radius 1 is 1.12 bits per heavy atom. The Labute approximate surface area is 161 Å². The van der Waals surface area contributed by atoms with E-state index in [-0.39, 0.29) is 12.5 Å². The van der Waals surface area contributed by atoms with E-state index in [1.807, 2.05) is 36.4 Å². The molecule has 0 radical (unpaired) electrons. The van der Waals surface area contributed by atoms with Gasteiger partial charge >= 0.3 is 5.97 Å². The summed E-state index contributed by atoms with van der Waals surface area (Å²) < 4.78 is 5.09. The first-order chi connectivity index (χ1) is 12.4. The molecule has 0 aliphatic carbocycles. The Bertz CT molecular complexity index is 734. The van der Waals surface area contributed by atoms with E-state index < -0.39 is 5.97 Å². The van der Waals surface area contributed by atoms with Gasteiger partial charge in [-0.1, -0.05) is 23.7 Å². The Balaban J connectivity index is 1.75. The fourth-order valence-electron chi connectivity index (χ4n) is 2.18. The Morgan fingerprint density at radius 3 is 2.38 bits per heavy atom. The van der Waals surface area contributed by atoms with Crippen molar-refractivity contribution in [2.24, 2.45) is 0 Å². The maximum atomic E-state index is 12.2. The average Bonchev–Trinajstić information content (AvgIpc) is 2.62. The number of hydrogen-bond donors (Lipinski definition) is 1. The Hall–Kier alpha value is -2.18. The van der Waals surface area contributed by atoms with Crippen molar-refractivity contribution in [3.05, 3.63) is 59.1 Å². The van der Waals surface area contributed by atoms with E-state index in [4.69, 9.17) is 21.4 Å². The third kappa shape index (κ3) is 6.98. The maximum absolute atomic E-state index is 12.2. The Morgan fingerprint density at radius 2 is 1.77 bits per heavy atom. The number of nitrogens with zero attached hydrogens (tertiary/aromatic N) is 1. The number of rotatable bonds is 9. The number of carbonyl (C=O) groups excluding carboxylic acids is 1. The van der Waals surface area contributed by atoms with Crippen molar-refractivity contribution in [1.29, 1.82) is 0 Å². The predicted molar refractivity (Wildman–Crippen MR) is 103 cm³/mol. The second kappa shape index (κ2) is 10.1. The van der Waals surface area contributed by atoms with Crippen molar-refractivity contribution < 1.29 is 19.4 Å². The van der Waals surface area contributed by atoms with Crippen LogP contribution in [0, 0.1) is 0 Å². The lowest BCUT2D eigenvalue weighted by molar-refractivity contribution is -0.139. The maximum Gasteiger partial charge on any atom is 0.341 e. The van der Waals surface area contributed by atoms with E-state index in [0.29, 0.717) is 29.5 Å². The molecule has 2 aromatic rings. The van der Waals surface area contributed by atoms with Crippen molar-refractivity contribution >= 4 is 35.2 Å². The number of benzene rings is 2. The van der Waals surface area contributed by atoms with Gasteiger partial charge in [0.15, 0.2) is 6.61 Å². The molecule has 5 nitrogen and oxygen atoms in total. The molecule has 2 aromatic carbocycles. The molecule has 138 valence electrons. The number of aliphatic carboxylic acids is 1. The quantitative estimate of drug-likeness (QED) is 0.653. The minimum atomic E-state index is -1.02. The summed E-state index contributed by atoms with van der Waals surface area (Å²) in [6, 6.07) is 14.6. The summed E-state index contributed by atoms with van der Waals surface area (Å²) in [7, 11) is 1.77. The molecule has 26 heavy (non-hydrogen) atoms. The molecular formula is C19H20ClNO4S. The van der Waals surface area contributed by atoms with Gasteiger partial charge in [0.1, 0.15) is 5.75 Å². The average molecular weight is 394 g/mol. The van der Waals surface area contributed by atoms with Gasteiger partial charge in [-0.3, -0.25) is 4.79 Å². The third-order valence-corrected chi connectivity index (χ3v) is 4.80. The van der Waals surface area contributed by atoms with E-state index in [9.17, 15) is 9.59 Å². The molecular weight excluding hydrogens is 374 g/mol. The first kappa shape index (κ1) is 20.1. The van der Waals surface area contributed by atoms with Crippen LogP contribution in [0.5, 0.6) is 5.75 Å². The van der Waals surface area contributed by atoms with Gasteiger partial charge in [0.25, 0.3) is 0 Å². The number of ether oxygens (including phenoxy) is 1. The van der Waals surface area contributed by atoms with Crippen LogP contribution in [0.1, 0.15) is 12.0 Å². The standard InChI is InChI=1S/C19H20ClNO4S/c1-21(12-14-2-6-16(7-3-14)25-13-19(23)24)18(22)10-11-26-17-8-4-15(20)5-9-17/h2-9H,10-13H2,1H3,(H,23,24). The topological polar surface area (TPSA) is 66.8 Å². The molecule has 0 heterocycles. The number of carbonyl (C=O) groups is 2. The van der Waals surface area contributed by atoms with E-state index in [0.717, 1.165) is 10.5 Å². The van der Waals surface area contributed by atoms with E-state index in [2.05, 4.69) is 0 Å². The number of halogens is 1. The van der Waals surface area contributed by atoms with Crippen molar-refractivity contribution in [3.8, 4) is 5.75 Å². The number of hydrogen-bond acceptors (Lipinski definition) is 4. The number of carboxylic acid groups (broad SMARTS) is 1. The van der Waals surface area contributed by atoms with Crippen LogP contribution in [0.4, 0.5) is 0 Å². The van der Waals surface area contributed by atoms with Crippen LogP contribution < -0.4 is 4.74 Å². The summed E-state index contributed by atoms with van der Waals surface area (Å²) in [4.78, 5) is 25.5. The van der Waals surface area contributed by atoms with Crippen LogP contribution in [0.3, 0.4) is 0 Å². The van der Waals surface area contributed by atoms with Crippen molar-refractivity contribution in [2.75, 3.05) is 19.4 Å². The van der Waals surface area contributed by atoms with E-state index in [1.54, 1.807) is 35.8 Å². The smallest absolute Gasteiger partial charge is 0.341 e. The highest BCUT2D eigenvalue weighted by Crippen LogP contribution is 2.21. The first-order valence-electron chi connectivity index (χ1n) is 8.00. The largest absolute Gasteiger partial charge is 0.482 e. The highest BCUT2D eigenvalue weighted by Gasteiger charge is 2.10. The van der Waals surface area contributed by atoms with Gasteiger partial charge < -0.3 is 14.7 Å². The molecule has 0 aliphatic rings. The molecule has 0 unspecified atom stereocenters. The van der Waals surface area contributed by atoms with Crippen LogP contribution in [0.2, 0.25) is 5.02 Å². The lowest BCUT2D eigenvalue weighted by Gasteiger charge is -2.17. The number of carboxylic acids is 1. The van der Waals surface area contributed by atoms with E-state index >= 15 is 0 Å². The first-order valence-corrected chi connectivity index (χ1v) is 9.36. The van der Waals surface area contributed by atoms with Gasteiger partial charge in [-0.05, 0) is 42.0 Å². The fourth-order valence-corrected chi connectivity index (χ4v) is 3.14. The van der Waals surface area contributed by atoms with Gasteiger partial charge in [-0.15, -0.1) is 11.8 Å². The molecule has 0 atom stereocenters. The highest BCUT2D eigenvalue weighted by molar-refractivity contribution is 7.99. The predicted octanol–water partition coefficient (Wildman–Crippen LogP) is 3.94. The molecule has 1 N–H and O–H groups in total. The summed E-state index contributed by atoms with van der Waals surface area (Å²) in [5.41, 5.74) is 0.953. The lowest BCUT2D eigenvalue weighted by Crippen LogP contribution is -2.26. The molecule has 0 aromatic heterocycles. The minimum absolute atomic E-state index is 0.0673. The fraction of sp³-hybridized carbons (Fsp3) is 0.263. The molecule has 0 saturated heterocycles. The Kier molecular flexibility index (Phi) is 7.81. The highest BCUT2D eigenvalue weighted by atomic mass is 35.5. The molecule has 0 fully saturated rings. The zero-order valence-electron chi connectivity index (χ0n) is 14.4. The zero-order valence-corrected chi connectivity index (χ0v) is 15.9. The SMILES string of the molecule is CN(Cc1ccc(OCC(=O)O)cc1)C(=O)CCSc1ccc(Cl)cc1. The van der Waals surface area contributed by atoms with Gasteiger partial charge in [0.2, 0.25) is 5.91 Å². The van der Waals surface area contributed by atoms with E-state index in [1.165, 1.54) is 0 Å². The molecule has 0 aliphatic heterocycles. The van der Waals surface area contributed by atoms with Crippen LogP contribution in [0.25, 0.3) is 0 Å². The summed E-state index contributed by atoms with van der Waals surface area (Å²) in [6.07, 6.45) is 0.448. The number of thioether (sulfide) groups is 1. The van der Waals surface area contributed by atoms with Crippen molar-refractivity contribution in [3.63, 3.8) is 0 Å². The van der Waals surface area contributed by atoms with Gasteiger partial charge in [-0.2, -0.15) is 0 Å². The van der Waals surface area contributed by atoms with Crippen LogP contribution in [-0.4, -0.2) is 41.3 Å². The molecule has 0 saturated carbocycles. The summed E-state index contributed by atoms with van der Waals surface area (Å²) >= 11 is 7.47. The molecule has 0 bridgehead atoms. The van der Waals surface area contributed by atoms with Gasteiger partial charge in [0.05, 0.1) is 0 Å². The normalized spacial score (nSPS) is 10.4. The minimum Gasteiger partial charge on any atom is -0.482 e. The number of amides is 1. The second-order valence-corrected chi connectivity index (χ2v) is 7.23. The van der Waals surface area contributed by atoms with Crippen molar-refractivity contribution in [1.82, 2.24) is 4.90 Å². The summed E-state index contributed by atoms with van der Waals surface area (Å²) in [5.74, 6) is 0.241. The molecule has 7 heteroatoms. The van der Waals surface area contributed by atoms with Gasteiger partial charge in [0, 0.05) is 35.7 Å². The van der Waals surface area contributed by atoms with Crippen molar-refractivity contribution in [2.45, 2.75) is 17.9 Å². The van der Waals surface area contributed by atoms with Crippen LogP contribution >= 0.6 is 23.4 Å². The third-order valence-electron chi connectivity index (χ3n) is 3.53. The van der Waals surface area contributed by atoms with Crippen LogP contribution in [0.15, 0.2) is 53.4 Å². The second-order valence-electron chi connectivity index (χ2n) is 5.63. The lowest BCUT2D eigenvalue weighted by atomic mass is 10.2. The van der Waals surface area contributed by atoms with Gasteiger partial charge in [-0.25, -0.2) is 4.79 Å². The zero-order chi connectivity index (χ0) is 18.9. The summed E-state index contributed by atoms with van der Waals surface area (Å²) in [5, 5.41) is 9.29. The molecule has 1 amide bonds. The molecule has 2 rings (SSSR count).